The van der Waals surface area contributed by atoms with E-state index in [0.29, 0.717) is 11.6 Å². The summed E-state index contributed by atoms with van der Waals surface area (Å²) in [7, 11) is 3.80. The summed E-state index contributed by atoms with van der Waals surface area (Å²) in [6.45, 7) is 6.76. The van der Waals surface area contributed by atoms with Crippen LogP contribution in [-0.4, -0.2) is 37.2 Å². The first kappa shape index (κ1) is 14.4. The van der Waals surface area contributed by atoms with Gasteiger partial charge < -0.3 is 10.1 Å². The first-order valence-electron chi connectivity index (χ1n) is 7.21. The van der Waals surface area contributed by atoms with E-state index in [1.807, 2.05) is 12.1 Å². The lowest BCUT2D eigenvalue weighted by Crippen LogP contribution is -2.73. The first-order valence-corrected chi connectivity index (χ1v) is 7.21. The number of likely N-dealkylation sites (tertiary alicyclic amines) is 1. The van der Waals surface area contributed by atoms with Crippen molar-refractivity contribution in [3.05, 3.63) is 29.8 Å². The fourth-order valence-corrected chi connectivity index (χ4v) is 3.17. The van der Waals surface area contributed by atoms with Gasteiger partial charge in [-0.1, -0.05) is 25.5 Å². The molecule has 0 spiro atoms. The number of methoxy groups -OCH3 is 1. The highest BCUT2D eigenvalue weighted by Gasteiger charge is 2.47. The van der Waals surface area contributed by atoms with Gasteiger partial charge in [0.25, 0.3) is 0 Å². The zero-order valence-corrected chi connectivity index (χ0v) is 12.6. The van der Waals surface area contributed by atoms with Crippen molar-refractivity contribution in [2.24, 2.45) is 0 Å². The summed E-state index contributed by atoms with van der Waals surface area (Å²) < 4.78 is 5.19. The maximum atomic E-state index is 5.19. The molecular formula is C16H26N2O. The Morgan fingerprint density at radius 2 is 2.05 bits per heavy atom. The highest BCUT2D eigenvalue weighted by Crippen LogP contribution is 2.34. The third kappa shape index (κ3) is 2.77. The minimum Gasteiger partial charge on any atom is -0.497 e. The van der Waals surface area contributed by atoms with E-state index in [1.54, 1.807) is 7.11 Å². The quantitative estimate of drug-likeness (QED) is 0.853. The van der Waals surface area contributed by atoms with Crippen molar-refractivity contribution in [2.45, 2.75) is 44.8 Å². The van der Waals surface area contributed by atoms with Crippen LogP contribution in [0.2, 0.25) is 0 Å². The third-order valence-corrected chi connectivity index (χ3v) is 4.57. The van der Waals surface area contributed by atoms with Crippen LogP contribution in [0.1, 0.15) is 32.3 Å². The van der Waals surface area contributed by atoms with Crippen LogP contribution < -0.4 is 10.1 Å². The molecule has 1 aliphatic heterocycles. The van der Waals surface area contributed by atoms with Crippen molar-refractivity contribution < 1.29 is 4.74 Å². The van der Waals surface area contributed by atoms with Crippen LogP contribution >= 0.6 is 0 Å². The lowest BCUT2D eigenvalue weighted by molar-refractivity contribution is -0.0315. The van der Waals surface area contributed by atoms with Gasteiger partial charge in [0, 0.05) is 24.7 Å². The maximum Gasteiger partial charge on any atom is 0.118 e. The van der Waals surface area contributed by atoms with Crippen LogP contribution in [0, 0.1) is 0 Å². The fourth-order valence-electron chi connectivity index (χ4n) is 3.17. The van der Waals surface area contributed by atoms with E-state index in [4.69, 9.17) is 4.74 Å². The topological polar surface area (TPSA) is 24.5 Å². The number of likely N-dealkylation sites (N-methyl/N-ethyl adjacent to an activating group) is 1. The smallest absolute Gasteiger partial charge is 0.118 e. The number of rotatable bonds is 6. The average Bonchev–Trinajstić information content (AvgIpc) is 2.46. The number of hydrogen-bond donors (Lipinski definition) is 1. The number of benzene rings is 1. The summed E-state index contributed by atoms with van der Waals surface area (Å²) in [5.74, 6) is 0.927. The standard InChI is InChI=1S/C16H26N2O/c1-5-10-16(17-3)12-18(13(16)2)11-14-6-8-15(19-4)9-7-14/h6-9,13,17H,5,10-12H2,1-4H3. The normalized spacial score (nSPS) is 27.1. The Hall–Kier alpha value is -1.06. The monoisotopic (exact) mass is 262 g/mol. The summed E-state index contributed by atoms with van der Waals surface area (Å²) in [4.78, 5) is 2.54. The first-order chi connectivity index (χ1) is 9.15. The molecule has 3 nitrogen and oxygen atoms in total. The average molecular weight is 262 g/mol. The minimum absolute atomic E-state index is 0.321. The van der Waals surface area contributed by atoms with Gasteiger partial charge >= 0.3 is 0 Å². The Kier molecular flexibility index (Phi) is 4.48. The van der Waals surface area contributed by atoms with E-state index < -0.39 is 0 Å². The van der Waals surface area contributed by atoms with Crippen LogP contribution in [0.4, 0.5) is 0 Å². The molecule has 2 atom stereocenters. The van der Waals surface area contributed by atoms with Gasteiger partial charge in [-0.2, -0.15) is 0 Å². The van der Waals surface area contributed by atoms with Gasteiger partial charge in [-0.25, -0.2) is 0 Å². The Bertz CT molecular complexity index is 404. The molecule has 1 aliphatic rings. The highest BCUT2D eigenvalue weighted by molar-refractivity contribution is 5.27. The lowest BCUT2D eigenvalue weighted by Gasteiger charge is -2.56. The largest absolute Gasteiger partial charge is 0.497 e. The SMILES string of the molecule is CCCC1(NC)CN(Cc2ccc(OC)cc2)C1C. The molecule has 1 saturated heterocycles. The van der Waals surface area contributed by atoms with Crippen LogP contribution in [0.5, 0.6) is 5.75 Å². The molecule has 3 heteroatoms. The summed E-state index contributed by atoms with van der Waals surface area (Å²) in [5, 5.41) is 3.54. The van der Waals surface area contributed by atoms with Gasteiger partial charge in [0.2, 0.25) is 0 Å². The van der Waals surface area contributed by atoms with E-state index in [0.717, 1.165) is 18.8 Å². The number of hydrogen-bond acceptors (Lipinski definition) is 3. The summed E-state index contributed by atoms with van der Waals surface area (Å²) in [5.41, 5.74) is 1.68. The van der Waals surface area contributed by atoms with E-state index in [-0.39, 0.29) is 0 Å². The predicted molar refractivity (Wildman–Crippen MR) is 79.6 cm³/mol. The number of ether oxygens (including phenoxy) is 1. The van der Waals surface area contributed by atoms with Crippen molar-refractivity contribution in [2.75, 3.05) is 20.7 Å². The van der Waals surface area contributed by atoms with Crippen molar-refractivity contribution in [1.82, 2.24) is 10.2 Å². The second kappa shape index (κ2) is 5.93. The molecule has 1 fully saturated rings. The zero-order chi connectivity index (χ0) is 13.9. The maximum absolute atomic E-state index is 5.19. The minimum atomic E-state index is 0.321. The molecule has 19 heavy (non-hydrogen) atoms. The molecule has 1 heterocycles. The molecule has 0 radical (unpaired) electrons. The Morgan fingerprint density at radius 1 is 1.37 bits per heavy atom. The van der Waals surface area contributed by atoms with Gasteiger partial charge in [-0.3, -0.25) is 4.90 Å². The third-order valence-electron chi connectivity index (χ3n) is 4.57. The molecule has 0 aromatic heterocycles. The molecule has 0 saturated carbocycles. The lowest BCUT2D eigenvalue weighted by atomic mass is 9.77. The molecular weight excluding hydrogens is 236 g/mol. The molecule has 2 rings (SSSR count). The Balaban J connectivity index is 1.94. The number of nitrogens with one attached hydrogen (secondary N) is 1. The summed E-state index contributed by atoms with van der Waals surface area (Å²) in [6, 6.07) is 8.99. The van der Waals surface area contributed by atoms with Gasteiger partial charge in [-0.05, 0) is 38.1 Å². The molecule has 0 aliphatic carbocycles. The zero-order valence-electron chi connectivity index (χ0n) is 12.6. The Labute approximate surface area is 116 Å². The van der Waals surface area contributed by atoms with Gasteiger partial charge in [0.05, 0.1) is 7.11 Å². The number of nitrogens with zero attached hydrogens (tertiary/aromatic N) is 1. The fraction of sp³-hybridized carbons (Fsp3) is 0.625. The van der Waals surface area contributed by atoms with Crippen molar-refractivity contribution >= 4 is 0 Å². The molecule has 2 unspecified atom stereocenters. The predicted octanol–water partition coefficient (Wildman–Crippen LogP) is 2.66. The summed E-state index contributed by atoms with van der Waals surface area (Å²) in [6.07, 6.45) is 2.49. The molecule has 0 bridgehead atoms. The van der Waals surface area contributed by atoms with Crippen LogP contribution in [0.3, 0.4) is 0 Å². The second-order valence-electron chi connectivity index (χ2n) is 5.59. The Morgan fingerprint density at radius 3 is 2.53 bits per heavy atom. The molecule has 1 aromatic rings. The summed E-state index contributed by atoms with van der Waals surface area (Å²) >= 11 is 0. The molecule has 0 amide bonds. The van der Waals surface area contributed by atoms with E-state index in [2.05, 4.69) is 43.2 Å². The highest BCUT2D eigenvalue weighted by atomic mass is 16.5. The van der Waals surface area contributed by atoms with E-state index >= 15 is 0 Å². The van der Waals surface area contributed by atoms with Crippen molar-refractivity contribution in [3.63, 3.8) is 0 Å². The van der Waals surface area contributed by atoms with Crippen molar-refractivity contribution in [3.8, 4) is 5.75 Å². The van der Waals surface area contributed by atoms with Crippen molar-refractivity contribution in [1.29, 1.82) is 0 Å². The molecule has 1 N–H and O–H groups in total. The van der Waals surface area contributed by atoms with Gasteiger partial charge in [0.1, 0.15) is 5.75 Å². The second-order valence-corrected chi connectivity index (χ2v) is 5.59. The van der Waals surface area contributed by atoms with Crippen LogP contribution in [0.15, 0.2) is 24.3 Å². The molecule has 1 aromatic carbocycles. The van der Waals surface area contributed by atoms with E-state index in [9.17, 15) is 0 Å². The van der Waals surface area contributed by atoms with Gasteiger partial charge in [-0.15, -0.1) is 0 Å². The van der Waals surface area contributed by atoms with E-state index in [1.165, 1.54) is 18.4 Å². The van der Waals surface area contributed by atoms with Crippen LogP contribution in [-0.2, 0) is 6.54 Å². The molecule has 106 valence electrons. The van der Waals surface area contributed by atoms with Gasteiger partial charge in [0.15, 0.2) is 0 Å². The van der Waals surface area contributed by atoms with Crippen LogP contribution in [0.25, 0.3) is 0 Å².